The van der Waals surface area contributed by atoms with Crippen LogP contribution in [-0.4, -0.2) is 37.6 Å². The van der Waals surface area contributed by atoms with Gasteiger partial charge in [-0.3, -0.25) is 9.69 Å². The van der Waals surface area contributed by atoms with Crippen LogP contribution in [0.15, 0.2) is 36.4 Å². The Balaban J connectivity index is 1.79. The largest absolute Gasteiger partial charge is 0.497 e. The van der Waals surface area contributed by atoms with E-state index >= 15 is 0 Å². The standard InChI is InChI=1S/C21H24ClFN2O3/c1-13(21(26)24-18-9-6-14(23)11-17(18)22)25-10-4-5-19(25)16-8-7-15(27-2)12-20(16)28-3/h6-9,11-13,19H,4-5,10H2,1-3H3,(H,24,26)/t13-,19+/m0/s1. The van der Waals surface area contributed by atoms with E-state index in [9.17, 15) is 9.18 Å². The molecule has 0 bridgehead atoms. The second-order valence-corrected chi connectivity index (χ2v) is 7.20. The maximum absolute atomic E-state index is 13.2. The molecule has 5 nitrogen and oxygen atoms in total. The van der Waals surface area contributed by atoms with Crippen molar-refractivity contribution in [3.63, 3.8) is 0 Å². The van der Waals surface area contributed by atoms with Crippen LogP contribution in [0.3, 0.4) is 0 Å². The van der Waals surface area contributed by atoms with E-state index in [-0.39, 0.29) is 23.0 Å². The van der Waals surface area contributed by atoms with Gasteiger partial charge in [-0.15, -0.1) is 0 Å². The number of anilines is 1. The number of benzene rings is 2. The summed E-state index contributed by atoms with van der Waals surface area (Å²) >= 11 is 6.03. The molecule has 150 valence electrons. The van der Waals surface area contributed by atoms with Crippen molar-refractivity contribution in [2.24, 2.45) is 0 Å². The smallest absolute Gasteiger partial charge is 0.241 e. The number of ether oxygens (including phenoxy) is 2. The van der Waals surface area contributed by atoms with Gasteiger partial charge in [0.05, 0.1) is 31.0 Å². The van der Waals surface area contributed by atoms with E-state index in [1.807, 2.05) is 25.1 Å². The van der Waals surface area contributed by atoms with Gasteiger partial charge >= 0.3 is 0 Å². The lowest BCUT2D eigenvalue weighted by Gasteiger charge is -2.31. The van der Waals surface area contributed by atoms with Gasteiger partial charge < -0.3 is 14.8 Å². The lowest BCUT2D eigenvalue weighted by atomic mass is 10.0. The third-order valence-corrected chi connectivity index (χ3v) is 5.47. The summed E-state index contributed by atoms with van der Waals surface area (Å²) in [6.45, 7) is 2.66. The Hall–Kier alpha value is -2.31. The second-order valence-electron chi connectivity index (χ2n) is 6.79. The van der Waals surface area contributed by atoms with Crippen LogP contribution >= 0.6 is 11.6 Å². The molecule has 1 saturated heterocycles. The van der Waals surface area contributed by atoms with Gasteiger partial charge in [0.1, 0.15) is 17.3 Å². The Morgan fingerprint density at radius 2 is 2.04 bits per heavy atom. The molecular formula is C21H24ClFN2O3. The summed E-state index contributed by atoms with van der Waals surface area (Å²) in [5, 5.41) is 2.98. The van der Waals surface area contributed by atoms with Gasteiger partial charge in [0.2, 0.25) is 5.91 Å². The van der Waals surface area contributed by atoms with Crippen LogP contribution in [0.1, 0.15) is 31.4 Å². The number of likely N-dealkylation sites (tertiary alicyclic amines) is 1. The highest BCUT2D eigenvalue weighted by molar-refractivity contribution is 6.33. The average Bonchev–Trinajstić information content (AvgIpc) is 3.18. The number of halogens is 2. The van der Waals surface area contributed by atoms with Crippen molar-refractivity contribution in [1.29, 1.82) is 0 Å². The molecule has 2 aromatic rings. The van der Waals surface area contributed by atoms with Crippen molar-refractivity contribution in [1.82, 2.24) is 4.90 Å². The number of nitrogens with one attached hydrogen (secondary N) is 1. The number of nitrogens with zero attached hydrogens (tertiary/aromatic N) is 1. The molecule has 28 heavy (non-hydrogen) atoms. The Morgan fingerprint density at radius 3 is 2.71 bits per heavy atom. The number of carbonyl (C=O) groups excluding carboxylic acids is 1. The molecule has 1 N–H and O–H groups in total. The predicted octanol–water partition coefficient (Wildman–Crippen LogP) is 4.66. The monoisotopic (exact) mass is 406 g/mol. The van der Waals surface area contributed by atoms with Crippen molar-refractivity contribution in [3.8, 4) is 11.5 Å². The van der Waals surface area contributed by atoms with Gasteiger partial charge in [0.15, 0.2) is 0 Å². The summed E-state index contributed by atoms with van der Waals surface area (Å²) in [5.74, 6) is 0.836. The van der Waals surface area contributed by atoms with Gasteiger partial charge in [-0.25, -0.2) is 4.39 Å². The first kappa shape index (κ1) is 20.4. The number of carbonyl (C=O) groups is 1. The lowest BCUT2D eigenvalue weighted by molar-refractivity contribution is -0.121. The number of hydrogen-bond acceptors (Lipinski definition) is 4. The molecule has 0 aromatic heterocycles. The second kappa shape index (κ2) is 8.80. The predicted molar refractivity (Wildman–Crippen MR) is 108 cm³/mol. The fourth-order valence-corrected chi connectivity index (χ4v) is 3.87. The first-order valence-corrected chi connectivity index (χ1v) is 9.56. The third kappa shape index (κ3) is 4.23. The molecule has 0 saturated carbocycles. The van der Waals surface area contributed by atoms with Gasteiger partial charge in [0.25, 0.3) is 0 Å². The topological polar surface area (TPSA) is 50.8 Å². The first-order valence-electron chi connectivity index (χ1n) is 9.18. The van der Waals surface area contributed by atoms with E-state index in [1.165, 1.54) is 18.2 Å². The van der Waals surface area contributed by atoms with Crippen LogP contribution in [0.4, 0.5) is 10.1 Å². The molecule has 1 fully saturated rings. The van der Waals surface area contributed by atoms with Crippen LogP contribution in [0.25, 0.3) is 0 Å². The van der Waals surface area contributed by atoms with Crippen LogP contribution in [0.2, 0.25) is 5.02 Å². The van der Waals surface area contributed by atoms with Crippen LogP contribution in [-0.2, 0) is 4.79 Å². The summed E-state index contributed by atoms with van der Waals surface area (Å²) < 4.78 is 24.1. The van der Waals surface area contributed by atoms with Crippen LogP contribution in [0, 0.1) is 5.82 Å². The van der Waals surface area contributed by atoms with E-state index in [0.29, 0.717) is 5.69 Å². The molecule has 1 amide bonds. The Labute approximate surface area is 169 Å². The summed E-state index contributed by atoms with van der Waals surface area (Å²) in [5.41, 5.74) is 1.43. The maximum Gasteiger partial charge on any atom is 0.241 e. The van der Waals surface area contributed by atoms with Crippen LogP contribution < -0.4 is 14.8 Å². The molecular weight excluding hydrogens is 383 g/mol. The third-order valence-electron chi connectivity index (χ3n) is 5.16. The van der Waals surface area contributed by atoms with Crippen molar-refractivity contribution in [2.75, 3.05) is 26.1 Å². The zero-order valence-electron chi connectivity index (χ0n) is 16.2. The van der Waals surface area contributed by atoms with Gasteiger partial charge in [-0.1, -0.05) is 17.7 Å². The minimum atomic E-state index is -0.442. The zero-order valence-corrected chi connectivity index (χ0v) is 16.9. The summed E-state index contributed by atoms with van der Waals surface area (Å²) in [6, 6.07) is 9.34. The fourth-order valence-electron chi connectivity index (χ4n) is 3.66. The first-order chi connectivity index (χ1) is 13.4. The molecule has 7 heteroatoms. The minimum absolute atomic E-state index is 0.0605. The molecule has 1 aliphatic heterocycles. The highest BCUT2D eigenvalue weighted by Crippen LogP contribution is 2.39. The van der Waals surface area contributed by atoms with Crippen molar-refractivity contribution >= 4 is 23.2 Å². The molecule has 0 aliphatic carbocycles. The van der Waals surface area contributed by atoms with Gasteiger partial charge in [-0.05, 0) is 50.6 Å². The van der Waals surface area contributed by atoms with E-state index in [0.717, 1.165) is 36.4 Å². The molecule has 1 aliphatic rings. The maximum atomic E-state index is 13.2. The van der Waals surface area contributed by atoms with E-state index in [2.05, 4.69) is 10.2 Å². The van der Waals surface area contributed by atoms with Gasteiger partial charge in [0, 0.05) is 17.7 Å². The molecule has 0 unspecified atom stereocenters. The zero-order chi connectivity index (χ0) is 20.3. The number of hydrogen-bond donors (Lipinski definition) is 1. The Kier molecular flexibility index (Phi) is 6.42. The highest BCUT2D eigenvalue weighted by atomic mass is 35.5. The Morgan fingerprint density at radius 1 is 1.25 bits per heavy atom. The normalized spacial score (nSPS) is 18.0. The molecule has 0 radical (unpaired) electrons. The minimum Gasteiger partial charge on any atom is -0.497 e. The van der Waals surface area contributed by atoms with Gasteiger partial charge in [-0.2, -0.15) is 0 Å². The van der Waals surface area contributed by atoms with E-state index in [1.54, 1.807) is 14.2 Å². The SMILES string of the molecule is COc1ccc([C@H]2CCCN2[C@@H](C)C(=O)Nc2ccc(F)cc2Cl)c(OC)c1. The van der Waals surface area contributed by atoms with Crippen molar-refractivity contribution in [2.45, 2.75) is 31.8 Å². The molecule has 1 heterocycles. The molecule has 3 rings (SSSR count). The average molecular weight is 407 g/mol. The number of rotatable bonds is 6. The summed E-state index contributed by atoms with van der Waals surface area (Å²) in [7, 11) is 3.24. The summed E-state index contributed by atoms with van der Waals surface area (Å²) in [6.07, 6.45) is 1.91. The fraction of sp³-hybridized carbons (Fsp3) is 0.381. The molecule has 0 spiro atoms. The summed E-state index contributed by atoms with van der Waals surface area (Å²) in [4.78, 5) is 15.0. The Bertz CT molecular complexity index is 862. The number of amides is 1. The number of methoxy groups -OCH3 is 2. The lowest BCUT2D eigenvalue weighted by Crippen LogP contribution is -2.41. The molecule has 2 aromatic carbocycles. The van der Waals surface area contributed by atoms with Crippen LogP contribution in [0.5, 0.6) is 11.5 Å². The highest BCUT2D eigenvalue weighted by Gasteiger charge is 2.34. The van der Waals surface area contributed by atoms with Crippen molar-refractivity contribution in [3.05, 3.63) is 52.8 Å². The van der Waals surface area contributed by atoms with Crippen molar-refractivity contribution < 1.29 is 18.7 Å². The quantitative estimate of drug-likeness (QED) is 0.758. The molecule has 2 atom stereocenters. The van der Waals surface area contributed by atoms with E-state index in [4.69, 9.17) is 21.1 Å². The van der Waals surface area contributed by atoms with E-state index < -0.39 is 5.82 Å².